The van der Waals surface area contributed by atoms with E-state index in [1.165, 1.54) is 10.9 Å². The quantitative estimate of drug-likeness (QED) is 0.414. The number of hydrazone groups is 1. The van der Waals surface area contributed by atoms with Gasteiger partial charge in [0.15, 0.2) is 5.69 Å². The van der Waals surface area contributed by atoms with E-state index in [4.69, 9.17) is 11.6 Å². The summed E-state index contributed by atoms with van der Waals surface area (Å²) in [6.45, 7) is 0.0466. The molecule has 0 atom stereocenters. The lowest BCUT2D eigenvalue weighted by atomic mass is 10.1. The number of rotatable bonds is 7. The van der Waals surface area contributed by atoms with Gasteiger partial charge in [-0.2, -0.15) is 28.5 Å². The maximum Gasteiger partial charge on any atom is 0.435 e. The first-order chi connectivity index (χ1) is 14.8. The van der Waals surface area contributed by atoms with Crippen LogP contribution in [0.3, 0.4) is 0 Å². The van der Waals surface area contributed by atoms with Crippen molar-refractivity contribution in [3.05, 3.63) is 58.5 Å². The third-order valence-electron chi connectivity index (χ3n) is 4.84. The number of halogens is 4. The summed E-state index contributed by atoms with van der Waals surface area (Å²) in [5, 5.41) is 15.0. The molecule has 0 bridgehead atoms. The molecule has 1 fully saturated rings. The van der Waals surface area contributed by atoms with Gasteiger partial charge in [-0.1, -0.05) is 23.7 Å². The van der Waals surface area contributed by atoms with Gasteiger partial charge >= 0.3 is 6.18 Å². The van der Waals surface area contributed by atoms with Crippen LogP contribution in [0.25, 0.3) is 11.3 Å². The van der Waals surface area contributed by atoms with Crippen molar-refractivity contribution in [3.63, 3.8) is 0 Å². The zero-order valence-electron chi connectivity index (χ0n) is 16.2. The number of nitrogens with zero attached hydrogens (tertiary/aromatic N) is 4. The highest BCUT2D eigenvalue weighted by atomic mass is 35.5. The summed E-state index contributed by atoms with van der Waals surface area (Å²) in [5.74, 6) is -0.351. The summed E-state index contributed by atoms with van der Waals surface area (Å²) >= 11 is 5.90. The van der Waals surface area contributed by atoms with E-state index in [2.05, 4.69) is 25.8 Å². The number of alkyl halides is 3. The average Bonchev–Trinajstić information content (AvgIpc) is 3.29. The Morgan fingerprint density at radius 2 is 2.06 bits per heavy atom. The van der Waals surface area contributed by atoms with Crippen molar-refractivity contribution in [3.8, 4) is 11.3 Å². The molecule has 2 N–H and O–H groups in total. The molecule has 0 spiro atoms. The van der Waals surface area contributed by atoms with E-state index in [1.54, 1.807) is 18.3 Å². The first kappa shape index (κ1) is 21.1. The van der Waals surface area contributed by atoms with Gasteiger partial charge in [0.05, 0.1) is 24.7 Å². The molecule has 0 aliphatic heterocycles. The number of aryl methyl sites for hydroxylation is 1. The second-order valence-corrected chi connectivity index (χ2v) is 7.64. The van der Waals surface area contributed by atoms with Crippen molar-refractivity contribution in [2.45, 2.75) is 37.9 Å². The van der Waals surface area contributed by atoms with Gasteiger partial charge < -0.3 is 0 Å². The number of carbonyl (C=O) groups excluding carboxylic acids is 1. The van der Waals surface area contributed by atoms with Crippen LogP contribution in [0.1, 0.15) is 42.1 Å². The first-order valence-electron chi connectivity index (χ1n) is 9.57. The fourth-order valence-corrected chi connectivity index (χ4v) is 3.26. The average molecular weight is 451 g/mol. The summed E-state index contributed by atoms with van der Waals surface area (Å²) in [4.78, 5) is 12.1. The van der Waals surface area contributed by atoms with Crippen LogP contribution >= 0.6 is 11.6 Å². The lowest BCUT2D eigenvalue weighted by molar-refractivity contribution is -0.141. The van der Waals surface area contributed by atoms with Crippen molar-refractivity contribution in [2.75, 3.05) is 0 Å². The van der Waals surface area contributed by atoms with Crippen LogP contribution in [-0.4, -0.2) is 32.1 Å². The van der Waals surface area contributed by atoms with Crippen molar-refractivity contribution in [1.29, 1.82) is 0 Å². The molecule has 31 heavy (non-hydrogen) atoms. The topological polar surface area (TPSA) is 88.0 Å². The third-order valence-corrected chi connectivity index (χ3v) is 5.09. The van der Waals surface area contributed by atoms with Crippen molar-refractivity contribution in [2.24, 2.45) is 5.10 Å². The van der Waals surface area contributed by atoms with Crippen LogP contribution in [0.5, 0.6) is 0 Å². The Morgan fingerprint density at radius 3 is 2.74 bits per heavy atom. The van der Waals surface area contributed by atoms with Crippen LogP contribution < -0.4 is 5.43 Å². The number of hydrogen-bond acceptors (Lipinski definition) is 4. The number of aromatic nitrogens is 4. The Labute approximate surface area is 180 Å². The van der Waals surface area contributed by atoms with Gasteiger partial charge in [-0.15, -0.1) is 0 Å². The number of nitrogens with one attached hydrogen (secondary N) is 2. The van der Waals surface area contributed by atoms with E-state index in [-0.39, 0.29) is 18.9 Å². The summed E-state index contributed by atoms with van der Waals surface area (Å²) in [5.41, 5.74) is 4.19. The lowest BCUT2D eigenvalue weighted by Gasteiger charge is -2.06. The standard InChI is InChI=1S/C20H18ClF3N6O/c21-15-5-3-13(4-6-15)19-14(11-26-28-19)10-25-27-18(31)7-8-30-16(12-1-2-12)9-17(29-30)20(22,23)24/h3-6,9-12H,1-2,7-8H2,(H,26,28)(H,27,31)/b25-10+. The van der Waals surface area contributed by atoms with Gasteiger partial charge in [0.1, 0.15) is 0 Å². The van der Waals surface area contributed by atoms with E-state index in [1.807, 2.05) is 12.1 Å². The molecule has 2 heterocycles. The Bertz CT molecular complexity index is 1100. The highest BCUT2D eigenvalue weighted by molar-refractivity contribution is 6.30. The predicted octanol–water partition coefficient (Wildman–Crippen LogP) is 4.36. The van der Waals surface area contributed by atoms with Gasteiger partial charge in [0.2, 0.25) is 5.91 Å². The molecule has 0 saturated heterocycles. The Hall–Kier alpha value is -3.14. The SMILES string of the molecule is O=C(CCn1nc(C(F)(F)F)cc1C1CC1)N/N=C/c1cn[nH]c1-c1ccc(Cl)cc1. The number of carbonyl (C=O) groups is 1. The molecule has 1 amide bonds. The number of benzene rings is 1. The molecule has 1 aliphatic carbocycles. The lowest BCUT2D eigenvalue weighted by Crippen LogP contribution is -2.20. The van der Waals surface area contributed by atoms with E-state index < -0.39 is 17.8 Å². The van der Waals surface area contributed by atoms with Crippen LogP contribution in [0.2, 0.25) is 5.02 Å². The van der Waals surface area contributed by atoms with Crippen molar-refractivity contribution < 1.29 is 18.0 Å². The molecule has 1 saturated carbocycles. The Kier molecular flexibility index (Phi) is 5.81. The summed E-state index contributed by atoms with van der Waals surface area (Å²) in [6.07, 6.45) is 0.111. The first-order valence-corrected chi connectivity index (χ1v) is 9.95. The van der Waals surface area contributed by atoms with E-state index in [0.717, 1.165) is 24.5 Å². The highest BCUT2D eigenvalue weighted by Gasteiger charge is 2.37. The normalized spacial score (nSPS) is 14.3. The second-order valence-electron chi connectivity index (χ2n) is 7.20. The van der Waals surface area contributed by atoms with Crippen molar-refractivity contribution in [1.82, 2.24) is 25.4 Å². The summed E-state index contributed by atoms with van der Waals surface area (Å²) < 4.78 is 40.1. The van der Waals surface area contributed by atoms with E-state index in [0.29, 0.717) is 22.0 Å². The van der Waals surface area contributed by atoms with E-state index in [9.17, 15) is 18.0 Å². The highest BCUT2D eigenvalue weighted by Crippen LogP contribution is 2.42. The maximum absolute atomic E-state index is 13.0. The molecule has 4 rings (SSSR count). The smallest absolute Gasteiger partial charge is 0.277 e. The molecule has 2 aromatic heterocycles. The molecule has 3 aromatic rings. The van der Waals surface area contributed by atoms with Gasteiger partial charge in [-0.25, -0.2) is 5.43 Å². The third kappa shape index (κ3) is 5.13. The minimum Gasteiger partial charge on any atom is -0.277 e. The fourth-order valence-electron chi connectivity index (χ4n) is 3.13. The van der Waals surface area contributed by atoms with Crippen LogP contribution in [-0.2, 0) is 17.5 Å². The summed E-state index contributed by atoms with van der Waals surface area (Å²) in [7, 11) is 0. The minimum absolute atomic E-state index is 0.0466. The van der Waals surface area contributed by atoms with Crippen LogP contribution in [0.15, 0.2) is 41.6 Å². The molecule has 11 heteroatoms. The molecular weight excluding hydrogens is 433 g/mol. The monoisotopic (exact) mass is 450 g/mol. The fraction of sp³-hybridized carbons (Fsp3) is 0.300. The molecular formula is C20H18ClF3N6O. The summed E-state index contributed by atoms with van der Waals surface area (Å²) in [6, 6.07) is 8.21. The van der Waals surface area contributed by atoms with Crippen molar-refractivity contribution >= 4 is 23.7 Å². The molecule has 1 aliphatic rings. The van der Waals surface area contributed by atoms with Crippen LogP contribution in [0.4, 0.5) is 13.2 Å². The van der Waals surface area contributed by atoms with Gasteiger partial charge in [-0.3, -0.25) is 14.6 Å². The molecule has 0 radical (unpaired) electrons. The van der Waals surface area contributed by atoms with Crippen LogP contribution in [0, 0.1) is 0 Å². The number of hydrogen-bond donors (Lipinski definition) is 2. The molecule has 7 nitrogen and oxygen atoms in total. The number of H-pyrrole nitrogens is 1. The number of aromatic amines is 1. The largest absolute Gasteiger partial charge is 0.435 e. The van der Waals surface area contributed by atoms with Gasteiger partial charge in [0.25, 0.3) is 0 Å². The van der Waals surface area contributed by atoms with Gasteiger partial charge in [0, 0.05) is 34.2 Å². The number of amides is 1. The Morgan fingerprint density at radius 1 is 1.32 bits per heavy atom. The van der Waals surface area contributed by atoms with E-state index >= 15 is 0 Å². The molecule has 0 unspecified atom stereocenters. The maximum atomic E-state index is 13.0. The molecule has 1 aromatic carbocycles. The zero-order chi connectivity index (χ0) is 22.0. The second kappa shape index (κ2) is 8.54. The Balaban J connectivity index is 1.36. The van der Waals surface area contributed by atoms with Gasteiger partial charge in [-0.05, 0) is 31.0 Å². The zero-order valence-corrected chi connectivity index (χ0v) is 16.9. The predicted molar refractivity (Wildman–Crippen MR) is 109 cm³/mol. The molecule has 162 valence electrons. The minimum atomic E-state index is -4.51.